The van der Waals surface area contributed by atoms with E-state index in [4.69, 9.17) is 0 Å². The molecule has 1 saturated carbocycles. The first-order valence-corrected chi connectivity index (χ1v) is 10.5. The molecule has 1 aliphatic rings. The molecule has 3 aromatic rings. The van der Waals surface area contributed by atoms with Crippen molar-refractivity contribution in [2.45, 2.75) is 39.5 Å². The van der Waals surface area contributed by atoms with Gasteiger partial charge in [-0.3, -0.25) is 0 Å². The Morgan fingerprint density at radius 2 is 0.710 bits per heavy atom. The van der Waals surface area contributed by atoms with Crippen LogP contribution >= 0.6 is 0 Å². The molecule has 0 aliphatic heterocycles. The first-order chi connectivity index (χ1) is 14.7. The van der Waals surface area contributed by atoms with Crippen molar-refractivity contribution >= 4 is 0 Å². The van der Waals surface area contributed by atoms with Crippen LogP contribution in [0.2, 0.25) is 0 Å². The third kappa shape index (κ3) is 25.9. The maximum absolute atomic E-state index is 3.72. The fourth-order valence-corrected chi connectivity index (χ4v) is 2.16. The third-order valence-electron chi connectivity index (χ3n) is 3.59. The summed E-state index contributed by atoms with van der Waals surface area (Å²) in [5, 5.41) is 0. The van der Waals surface area contributed by atoms with Crippen LogP contribution in [0.25, 0.3) is 0 Å². The van der Waals surface area contributed by atoms with Gasteiger partial charge in [0.25, 0.3) is 0 Å². The fraction of sp³-hybridized carbons (Fsp3) is 0.200. The zero-order valence-corrected chi connectivity index (χ0v) is 21.2. The van der Waals surface area contributed by atoms with Crippen LogP contribution in [0.5, 0.6) is 0 Å². The van der Waals surface area contributed by atoms with Crippen molar-refractivity contribution in [3.05, 3.63) is 149 Å². The molecule has 0 nitrogen and oxygen atoms in total. The van der Waals surface area contributed by atoms with Crippen LogP contribution < -0.4 is 0 Å². The molecule has 0 saturated heterocycles. The summed E-state index contributed by atoms with van der Waals surface area (Å²) in [6, 6.07) is 29.6. The van der Waals surface area contributed by atoms with E-state index in [9.17, 15) is 0 Å². The van der Waals surface area contributed by atoms with Crippen LogP contribution in [-0.2, 0) is 21.7 Å². The van der Waals surface area contributed by atoms with Gasteiger partial charge in [0.15, 0.2) is 0 Å². The molecule has 0 bridgehead atoms. The van der Waals surface area contributed by atoms with Gasteiger partial charge in [-0.25, -0.2) is 0 Å². The predicted octanol–water partition coefficient (Wildman–Crippen LogP) is 9.05. The fourth-order valence-electron chi connectivity index (χ4n) is 2.16. The van der Waals surface area contributed by atoms with Gasteiger partial charge < -0.3 is 20.3 Å². The predicted molar refractivity (Wildman–Crippen MR) is 138 cm³/mol. The summed E-state index contributed by atoms with van der Waals surface area (Å²) in [7, 11) is 0. The summed E-state index contributed by atoms with van der Waals surface area (Å²) in [6.07, 6.45) is 8.00. The molecular weight excluding hydrogens is 408 g/mol. The van der Waals surface area contributed by atoms with Gasteiger partial charge in [0.1, 0.15) is 0 Å². The number of benzene rings is 3. The molecule has 0 heterocycles. The molecule has 0 amide bonds. The van der Waals surface area contributed by atoms with Crippen molar-refractivity contribution in [3.63, 3.8) is 0 Å². The van der Waals surface area contributed by atoms with Crippen LogP contribution in [-0.4, -0.2) is 0 Å². The van der Waals surface area contributed by atoms with Crippen molar-refractivity contribution in [1.82, 2.24) is 0 Å². The van der Waals surface area contributed by atoms with E-state index in [0.717, 1.165) is 16.7 Å². The maximum Gasteiger partial charge on any atom is 0 e. The first-order valence-electron chi connectivity index (χ1n) is 10.5. The second-order valence-electron chi connectivity index (χ2n) is 6.03. The molecule has 0 unspecified atom stereocenters. The quantitative estimate of drug-likeness (QED) is 0.238. The zero-order chi connectivity index (χ0) is 22.9. The van der Waals surface area contributed by atoms with Gasteiger partial charge in [-0.05, 0) is 0 Å². The van der Waals surface area contributed by atoms with Crippen molar-refractivity contribution in [3.8, 4) is 0 Å². The minimum atomic E-state index is 0. The Morgan fingerprint density at radius 3 is 0.806 bits per heavy atom. The third-order valence-corrected chi connectivity index (χ3v) is 3.59. The standard InChI is InChI=1S/3C7H7.C5H9.2C2H5.Ti/c3*1-7-5-3-2-4-6-7;1-2-4-5-3-1;2*1-2;/h3*2-6H,1H2;1H,2-5H2;2*1H2,2H3;/q6*-1;. The van der Waals surface area contributed by atoms with Gasteiger partial charge >= 0.3 is 0 Å². The van der Waals surface area contributed by atoms with Crippen LogP contribution in [0.4, 0.5) is 0 Å². The zero-order valence-electron chi connectivity index (χ0n) is 19.6. The van der Waals surface area contributed by atoms with Crippen molar-refractivity contribution in [1.29, 1.82) is 0 Å². The maximum atomic E-state index is 3.72. The minimum absolute atomic E-state index is 0. The van der Waals surface area contributed by atoms with E-state index >= 15 is 0 Å². The van der Waals surface area contributed by atoms with Crippen LogP contribution in [0.3, 0.4) is 0 Å². The molecule has 170 valence electrons. The first kappa shape index (κ1) is 33.6. The summed E-state index contributed by atoms with van der Waals surface area (Å²) in [5.41, 5.74) is 3.22. The summed E-state index contributed by atoms with van der Waals surface area (Å²) < 4.78 is 0. The average Bonchev–Trinajstić information content (AvgIpc) is 3.40. The van der Waals surface area contributed by atoms with Crippen molar-refractivity contribution in [2.24, 2.45) is 0 Å². The van der Waals surface area contributed by atoms with Gasteiger partial charge in [-0.2, -0.15) is 101 Å². The Kier molecular flexibility index (Phi) is 30.3. The smallest absolute Gasteiger partial charge is 0 e. The Morgan fingerprint density at radius 1 is 0.484 bits per heavy atom. The van der Waals surface area contributed by atoms with E-state index in [2.05, 4.69) is 41.0 Å². The van der Waals surface area contributed by atoms with Gasteiger partial charge in [-0.1, -0.05) is 31.0 Å². The van der Waals surface area contributed by atoms with Gasteiger partial charge in [-0.15, -0.1) is 36.4 Å². The molecule has 4 rings (SSSR count). The summed E-state index contributed by atoms with van der Waals surface area (Å²) in [6.45, 7) is 21.2. The molecule has 0 aromatic heterocycles. The topological polar surface area (TPSA) is 0 Å². The second kappa shape index (κ2) is 28.0. The van der Waals surface area contributed by atoms with Crippen LogP contribution in [0.15, 0.2) is 91.0 Å². The van der Waals surface area contributed by atoms with Crippen molar-refractivity contribution < 1.29 is 21.7 Å². The second-order valence-corrected chi connectivity index (χ2v) is 6.03. The van der Waals surface area contributed by atoms with Gasteiger partial charge in [0.05, 0.1) is 0 Å². The molecule has 0 spiro atoms. The molecule has 1 fully saturated rings. The SMILES string of the molecule is [CH-]1CCCC1.[CH2-]C.[CH2-]C.[CH2-]c1ccccc1.[CH2-]c1ccccc1.[CH2-]c1ccccc1.[Ti]. The molecule has 0 atom stereocenters. The summed E-state index contributed by atoms with van der Waals surface area (Å²) in [5.74, 6) is 0. The van der Waals surface area contributed by atoms with Crippen molar-refractivity contribution in [2.75, 3.05) is 0 Å². The number of hydrogen-bond acceptors (Lipinski definition) is 0. The number of rotatable bonds is 0. The molecular formula is C30H40Ti-6. The van der Waals surface area contributed by atoms with E-state index in [1.165, 1.54) is 25.7 Å². The Balaban J connectivity index is -0.000000318. The number of hydrogen-bond donors (Lipinski definition) is 0. The van der Waals surface area contributed by atoms with E-state index in [0.29, 0.717) is 0 Å². The largest absolute Gasteiger partial charge is 0.346 e. The average molecular weight is 449 g/mol. The molecule has 0 radical (unpaired) electrons. The van der Waals surface area contributed by atoms with E-state index in [1.54, 1.807) is 13.8 Å². The molecule has 31 heavy (non-hydrogen) atoms. The van der Waals surface area contributed by atoms with Crippen LogP contribution in [0, 0.1) is 41.0 Å². The molecule has 0 N–H and O–H groups in total. The Labute approximate surface area is 209 Å². The monoisotopic (exact) mass is 448 g/mol. The molecule has 1 heteroatoms. The summed E-state index contributed by atoms with van der Waals surface area (Å²) >= 11 is 0. The van der Waals surface area contributed by atoms with Gasteiger partial charge in [0.2, 0.25) is 0 Å². The Hall–Kier alpha value is -2.02. The van der Waals surface area contributed by atoms with Gasteiger partial charge in [0, 0.05) is 21.7 Å². The molecule has 1 aliphatic carbocycles. The van der Waals surface area contributed by atoms with E-state index in [1.807, 2.05) is 91.0 Å². The van der Waals surface area contributed by atoms with E-state index in [-0.39, 0.29) is 21.7 Å². The minimum Gasteiger partial charge on any atom is -0.346 e. The summed E-state index contributed by atoms with van der Waals surface area (Å²) in [4.78, 5) is 0. The molecule has 3 aromatic carbocycles. The normalized spacial score (nSPS) is 10.1. The van der Waals surface area contributed by atoms with Crippen LogP contribution in [0.1, 0.15) is 56.2 Å². The van der Waals surface area contributed by atoms with E-state index < -0.39 is 0 Å². The Bertz CT molecular complexity index is 547.